The number of benzene rings is 2. The summed E-state index contributed by atoms with van der Waals surface area (Å²) in [7, 11) is 0. The normalized spacial score (nSPS) is 18.8. The molecule has 0 radical (unpaired) electrons. The number of Topliss-reactive ketones (excluding diaryl/α,β-unsaturated/α-hetero) is 1. The molecule has 0 spiro atoms. The van der Waals surface area contributed by atoms with Crippen LogP contribution in [0.25, 0.3) is 6.08 Å². The second-order valence-corrected chi connectivity index (χ2v) is 6.44. The lowest BCUT2D eigenvalue weighted by molar-refractivity contribution is -0.921. The molecule has 4 rings (SSSR count). The van der Waals surface area contributed by atoms with Crippen LogP contribution in [-0.2, 0) is 11.3 Å². The van der Waals surface area contributed by atoms with Gasteiger partial charge in [-0.2, -0.15) is 0 Å². The number of nitrogens with one attached hydrogen (secondary N) is 1. The van der Waals surface area contributed by atoms with Crippen molar-refractivity contribution in [1.29, 1.82) is 0 Å². The van der Waals surface area contributed by atoms with Crippen LogP contribution in [0.4, 0.5) is 4.39 Å². The van der Waals surface area contributed by atoms with Gasteiger partial charge < -0.3 is 19.5 Å². The number of ether oxygens (including phenoxy) is 2. The van der Waals surface area contributed by atoms with E-state index in [0.29, 0.717) is 36.6 Å². The first-order valence-electron chi connectivity index (χ1n) is 8.58. The largest absolute Gasteiger partial charge is 0.507 e. The molecule has 0 unspecified atom stereocenters. The number of rotatable bonds is 3. The van der Waals surface area contributed by atoms with Crippen molar-refractivity contribution in [3.8, 4) is 11.5 Å². The van der Waals surface area contributed by atoms with E-state index in [-0.39, 0.29) is 22.9 Å². The van der Waals surface area contributed by atoms with Crippen molar-refractivity contribution in [1.82, 2.24) is 0 Å². The van der Waals surface area contributed by atoms with E-state index in [4.69, 9.17) is 9.47 Å². The Balaban J connectivity index is 1.67. The Hall–Kier alpha value is -2.70. The van der Waals surface area contributed by atoms with Gasteiger partial charge in [-0.05, 0) is 24.3 Å². The Labute approximate surface area is 150 Å². The summed E-state index contributed by atoms with van der Waals surface area (Å²) >= 11 is 0. The number of phenols is 1. The lowest BCUT2D eigenvalue weighted by atomic mass is 10.0. The van der Waals surface area contributed by atoms with Crippen LogP contribution in [0.3, 0.4) is 0 Å². The zero-order chi connectivity index (χ0) is 18.1. The minimum absolute atomic E-state index is 0.0638. The van der Waals surface area contributed by atoms with Crippen LogP contribution in [0.15, 0.2) is 42.2 Å². The van der Waals surface area contributed by atoms with Gasteiger partial charge in [-0.15, -0.1) is 0 Å². The minimum Gasteiger partial charge on any atom is -0.507 e. The summed E-state index contributed by atoms with van der Waals surface area (Å²) in [4.78, 5) is 13.9. The van der Waals surface area contributed by atoms with Crippen LogP contribution in [0.5, 0.6) is 11.5 Å². The molecule has 1 saturated heterocycles. The Morgan fingerprint density at radius 2 is 1.92 bits per heavy atom. The monoisotopic (exact) mass is 356 g/mol. The average molecular weight is 356 g/mol. The number of ketones is 1. The molecule has 2 aliphatic rings. The Morgan fingerprint density at radius 3 is 2.69 bits per heavy atom. The first kappa shape index (κ1) is 16.8. The Morgan fingerprint density at radius 1 is 1.15 bits per heavy atom. The summed E-state index contributed by atoms with van der Waals surface area (Å²) in [5, 5.41) is 10.3. The van der Waals surface area contributed by atoms with Gasteiger partial charge in [0.15, 0.2) is 11.5 Å². The zero-order valence-electron chi connectivity index (χ0n) is 14.1. The maximum absolute atomic E-state index is 13.9. The molecule has 26 heavy (non-hydrogen) atoms. The maximum atomic E-state index is 13.9. The molecule has 0 saturated carbocycles. The lowest BCUT2D eigenvalue weighted by Crippen LogP contribution is -3.12. The molecule has 2 aliphatic heterocycles. The van der Waals surface area contributed by atoms with Crippen molar-refractivity contribution in [2.75, 3.05) is 26.3 Å². The van der Waals surface area contributed by atoms with Crippen molar-refractivity contribution < 1.29 is 28.7 Å². The first-order chi connectivity index (χ1) is 12.6. The maximum Gasteiger partial charge on any atom is 0.231 e. The van der Waals surface area contributed by atoms with E-state index >= 15 is 0 Å². The summed E-state index contributed by atoms with van der Waals surface area (Å²) in [6, 6.07) is 9.26. The number of quaternary nitrogens is 1. The quantitative estimate of drug-likeness (QED) is 0.820. The van der Waals surface area contributed by atoms with Crippen molar-refractivity contribution >= 4 is 11.9 Å². The third-order valence-electron chi connectivity index (χ3n) is 4.73. The molecule has 6 heteroatoms. The topological polar surface area (TPSA) is 60.2 Å². The summed E-state index contributed by atoms with van der Waals surface area (Å²) in [5.74, 6) is -0.192. The summed E-state index contributed by atoms with van der Waals surface area (Å²) in [6.07, 6.45) is 1.40. The first-order valence-corrected chi connectivity index (χ1v) is 8.58. The van der Waals surface area contributed by atoms with Gasteiger partial charge in [0.05, 0.1) is 24.3 Å². The van der Waals surface area contributed by atoms with Gasteiger partial charge >= 0.3 is 0 Å². The lowest BCUT2D eigenvalue weighted by Gasteiger charge is -2.24. The van der Waals surface area contributed by atoms with E-state index in [1.807, 2.05) is 0 Å². The number of carbonyl (C=O) groups excluding carboxylic acids is 1. The van der Waals surface area contributed by atoms with E-state index in [9.17, 15) is 14.3 Å². The number of aromatic hydroxyl groups is 1. The fraction of sp³-hybridized carbons (Fsp3) is 0.250. The van der Waals surface area contributed by atoms with Crippen LogP contribution < -0.4 is 9.64 Å². The van der Waals surface area contributed by atoms with Crippen molar-refractivity contribution in [2.45, 2.75) is 6.54 Å². The third-order valence-corrected chi connectivity index (χ3v) is 4.73. The molecule has 2 N–H and O–H groups in total. The number of carbonyl (C=O) groups is 1. The van der Waals surface area contributed by atoms with Crippen molar-refractivity contribution in [3.05, 3.63) is 64.7 Å². The fourth-order valence-electron chi connectivity index (χ4n) is 3.29. The van der Waals surface area contributed by atoms with E-state index < -0.39 is 5.82 Å². The minimum atomic E-state index is -0.423. The number of fused-ring (bicyclic) bond motifs is 1. The molecule has 2 heterocycles. The van der Waals surface area contributed by atoms with Gasteiger partial charge in [-0.25, -0.2) is 4.39 Å². The standard InChI is InChI=1S/C20H18FNO4/c21-16-4-2-1-3-13(16)11-18-19(24)14-5-6-17(23)15(20(14)26-18)12-22-7-9-25-10-8-22/h1-6,11,23H,7-10,12H2/p+1/b18-11-. The summed E-state index contributed by atoms with van der Waals surface area (Å²) < 4.78 is 25.0. The molecule has 0 aromatic heterocycles. The summed E-state index contributed by atoms with van der Waals surface area (Å²) in [6.45, 7) is 3.54. The van der Waals surface area contributed by atoms with Crippen molar-refractivity contribution in [3.63, 3.8) is 0 Å². The summed E-state index contributed by atoms with van der Waals surface area (Å²) in [5.41, 5.74) is 1.28. The van der Waals surface area contributed by atoms with Gasteiger partial charge in [-0.3, -0.25) is 4.79 Å². The van der Waals surface area contributed by atoms with Crippen molar-refractivity contribution in [2.24, 2.45) is 0 Å². The molecular formula is C20H19FNO4+. The van der Waals surface area contributed by atoms with E-state index in [0.717, 1.165) is 13.1 Å². The number of hydrogen-bond acceptors (Lipinski definition) is 4. The van der Waals surface area contributed by atoms with Crippen LogP contribution in [0.2, 0.25) is 0 Å². The fourth-order valence-corrected chi connectivity index (χ4v) is 3.29. The molecule has 0 atom stereocenters. The average Bonchev–Trinajstić information content (AvgIpc) is 2.96. The van der Waals surface area contributed by atoms with Crippen LogP contribution in [0, 0.1) is 5.82 Å². The number of allylic oxidation sites excluding steroid dienone is 1. The molecule has 2 aromatic carbocycles. The van der Waals surface area contributed by atoms with Gasteiger partial charge in [0.25, 0.3) is 0 Å². The Kier molecular flexibility index (Phi) is 4.44. The highest BCUT2D eigenvalue weighted by atomic mass is 19.1. The van der Waals surface area contributed by atoms with Gasteiger partial charge in [0, 0.05) is 5.56 Å². The number of phenolic OH excluding ortho intramolecular Hbond substituents is 1. The number of morpholine rings is 1. The molecule has 1 fully saturated rings. The smallest absolute Gasteiger partial charge is 0.231 e. The molecular weight excluding hydrogens is 337 g/mol. The second-order valence-electron chi connectivity index (χ2n) is 6.44. The van der Waals surface area contributed by atoms with Gasteiger partial charge in [0.2, 0.25) is 5.78 Å². The highest BCUT2D eigenvalue weighted by Gasteiger charge is 2.33. The molecule has 0 bridgehead atoms. The predicted molar refractivity (Wildman–Crippen MR) is 92.7 cm³/mol. The molecule has 134 valence electrons. The highest BCUT2D eigenvalue weighted by molar-refractivity contribution is 6.15. The van der Waals surface area contributed by atoms with E-state index in [2.05, 4.69) is 0 Å². The highest BCUT2D eigenvalue weighted by Crippen LogP contribution is 2.39. The van der Waals surface area contributed by atoms with Crippen LogP contribution >= 0.6 is 0 Å². The van der Waals surface area contributed by atoms with Crippen LogP contribution in [0.1, 0.15) is 21.5 Å². The van der Waals surface area contributed by atoms with Gasteiger partial charge in [-0.1, -0.05) is 18.2 Å². The number of hydrogen-bond donors (Lipinski definition) is 2. The molecule has 5 nitrogen and oxygen atoms in total. The van der Waals surface area contributed by atoms with Crippen LogP contribution in [-0.4, -0.2) is 37.2 Å². The van der Waals surface area contributed by atoms with Gasteiger partial charge in [0.1, 0.15) is 31.2 Å². The van der Waals surface area contributed by atoms with E-state index in [1.165, 1.54) is 23.1 Å². The molecule has 2 aromatic rings. The third kappa shape index (κ3) is 3.09. The zero-order valence-corrected chi connectivity index (χ0v) is 14.1. The second kappa shape index (κ2) is 6.90. The number of halogens is 1. The SMILES string of the molecule is O=C1/C(=C/c2ccccc2F)Oc2c1ccc(O)c2C[NH+]1CCOCC1. The van der Waals surface area contributed by atoms with E-state index in [1.54, 1.807) is 24.3 Å². The predicted octanol–water partition coefficient (Wildman–Crippen LogP) is 1.56. The molecule has 0 amide bonds. The molecule has 0 aliphatic carbocycles. The Bertz CT molecular complexity index is 887.